The molecule has 5 nitrogen and oxygen atoms in total. The van der Waals surface area contributed by atoms with Crippen molar-refractivity contribution in [2.24, 2.45) is 0 Å². The molecule has 1 atom stereocenters. The molecule has 1 aliphatic rings. The van der Waals surface area contributed by atoms with Gasteiger partial charge in [-0.15, -0.1) is 0 Å². The van der Waals surface area contributed by atoms with Crippen molar-refractivity contribution in [2.75, 3.05) is 6.54 Å². The van der Waals surface area contributed by atoms with Crippen LogP contribution in [0.3, 0.4) is 0 Å². The van der Waals surface area contributed by atoms with Crippen LogP contribution in [0.5, 0.6) is 0 Å². The molecule has 3 rings (SSSR count). The lowest BCUT2D eigenvalue weighted by atomic mass is 9.92. The first kappa shape index (κ1) is 18.4. The van der Waals surface area contributed by atoms with Gasteiger partial charge in [0.2, 0.25) is 0 Å². The third-order valence-corrected chi connectivity index (χ3v) is 4.78. The van der Waals surface area contributed by atoms with Crippen LogP contribution in [0.25, 0.3) is 0 Å². The largest absolute Gasteiger partial charge is 0.325 e. The Morgan fingerprint density at radius 3 is 2.42 bits per heavy atom. The Morgan fingerprint density at radius 2 is 1.81 bits per heavy atom. The topological polar surface area (TPSA) is 66.5 Å². The summed E-state index contributed by atoms with van der Waals surface area (Å²) in [7, 11) is 0. The summed E-state index contributed by atoms with van der Waals surface area (Å²) < 4.78 is 13.3. The molecule has 0 spiro atoms. The van der Waals surface area contributed by atoms with E-state index in [0.29, 0.717) is 10.6 Å². The van der Waals surface area contributed by atoms with Crippen molar-refractivity contribution in [3.63, 3.8) is 0 Å². The number of amides is 3. The van der Waals surface area contributed by atoms with E-state index < -0.39 is 35.6 Å². The summed E-state index contributed by atoms with van der Waals surface area (Å²) in [5.74, 6) is -1.62. The maximum atomic E-state index is 13.3. The summed E-state index contributed by atoms with van der Waals surface area (Å²) in [5.41, 5.74) is -0.911. The van der Waals surface area contributed by atoms with Crippen molar-refractivity contribution < 1.29 is 18.8 Å². The number of halogens is 3. The van der Waals surface area contributed by atoms with E-state index in [1.807, 2.05) is 0 Å². The lowest BCUT2D eigenvalue weighted by Gasteiger charge is -2.23. The number of nitrogens with one attached hydrogen (secondary N) is 1. The third kappa shape index (κ3) is 3.18. The average molecular weight is 395 g/mol. The highest BCUT2D eigenvalue weighted by Crippen LogP contribution is 2.34. The van der Waals surface area contributed by atoms with Gasteiger partial charge >= 0.3 is 6.03 Å². The molecule has 0 bridgehead atoms. The lowest BCUT2D eigenvalue weighted by Crippen LogP contribution is -2.41. The molecule has 1 fully saturated rings. The molecule has 0 saturated carbocycles. The Kier molecular flexibility index (Phi) is 4.73. The lowest BCUT2D eigenvalue weighted by molar-refractivity contribution is -0.130. The van der Waals surface area contributed by atoms with E-state index in [0.717, 1.165) is 17.0 Å². The van der Waals surface area contributed by atoms with E-state index >= 15 is 0 Å². The van der Waals surface area contributed by atoms with Gasteiger partial charge in [0.1, 0.15) is 11.4 Å². The van der Waals surface area contributed by atoms with Crippen molar-refractivity contribution in [3.05, 3.63) is 69.5 Å². The van der Waals surface area contributed by atoms with Crippen LogP contribution in [0.15, 0.2) is 42.5 Å². The fraction of sp³-hybridized carbons (Fsp3) is 0.167. The summed E-state index contributed by atoms with van der Waals surface area (Å²) in [5, 5.41) is 3.00. The Hall–Kier alpha value is -2.44. The fourth-order valence-corrected chi connectivity index (χ4v) is 3.27. The highest BCUT2D eigenvalue weighted by atomic mass is 35.5. The molecular weight excluding hydrogens is 382 g/mol. The summed E-state index contributed by atoms with van der Waals surface area (Å²) in [6.07, 6.45) is 0. The number of ketones is 1. The summed E-state index contributed by atoms with van der Waals surface area (Å²) >= 11 is 11.8. The number of benzene rings is 2. The smallest absolute Gasteiger partial charge is 0.319 e. The molecule has 2 aromatic rings. The number of Topliss-reactive ketones (excluding diaryl/α,β-unsaturated/α-hetero) is 1. The molecule has 2 aromatic carbocycles. The van der Waals surface area contributed by atoms with Crippen LogP contribution >= 0.6 is 23.2 Å². The Morgan fingerprint density at radius 1 is 1.15 bits per heavy atom. The molecule has 3 amide bonds. The monoisotopic (exact) mass is 394 g/mol. The predicted molar refractivity (Wildman–Crippen MR) is 94.8 cm³/mol. The Balaban J connectivity index is 1.86. The summed E-state index contributed by atoms with van der Waals surface area (Å²) in [4.78, 5) is 38.3. The molecule has 8 heteroatoms. The van der Waals surface area contributed by atoms with Crippen LogP contribution in [0.2, 0.25) is 10.0 Å². The number of nitrogens with zero attached hydrogens (tertiary/aromatic N) is 1. The molecule has 0 aromatic heterocycles. The number of rotatable bonds is 4. The van der Waals surface area contributed by atoms with Gasteiger partial charge in [-0.05, 0) is 43.3 Å². The number of urea groups is 1. The zero-order valence-electron chi connectivity index (χ0n) is 13.6. The number of hydrogen-bond acceptors (Lipinski definition) is 3. The minimum absolute atomic E-state index is 0.00651. The van der Waals surface area contributed by atoms with Crippen LogP contribution in [-0.2, 0) is 10.3 Å². The Labute approximate surface area is 158 Å². The van der Waals surface area contributed by atoms with Crippen LogP contribution in [0.4, 0.5) is 9.18 Å². The number of carbonyl (C=O) groups is 3. The van der Waals surface area contributed by atoms with E-state index in [9.17, 15) is 18.8 Å². The Bertz CT molecular complexity index is 917. The molecule has 1 saturated heterocycles. The highest BCUT2D eigenvalue weighted by molar-refractivity contribution is 6.32. The summed E-state index contributed by atoms with van der Waals surface area (Å²) in [6.45, 7) is 1.03. The van der Waals surface area contributed by atoms with E-state index in [1.54, 1.807) is 12.1 Å². The van der Waals surface area contributed by atoms with Gasteiger partial charge in [0.25, 0.3) is 5.91 Å². The standard InChI is InChI=1S/C18H13Cl2FN2O3/c1-18(13-7-6-12(21)8-14(13)20)16(25)23(17(26)22-18)9-15(24)10-2-4-11(19)5-3-10/h2-8H,9H2,1H3,(H,22,26). The molecule has 26 heavy (non-hydrogen) atoms. The van der Waals surface area contributed by atoms with Gasteiger partial charge in [-0.1, -0.05) is 29.3 Å². The molecule has 1 aliphatic heterocycles. The fourth-order valence-electron chi connectivity index (χ4n) is 2.79. The van der Waals surface area contributed by atoms with Gasteiger partial charge in [0.05, 0.1) is 6.54 Å². The minimum atomic E-state index is -1.48. The minimum Gasteiger partial charge on any atom is -0.319 e. The second-order valence-electron chi connectivity index (χ2n) is 6.00. The van der Waals surface area contributed by atoms with Gasteiger partial charge in [-0.25, -0.2) is 9.18 Å². The number of imide groups is 1. The molecule has 0 aliphatic carbocycles. The van der Waals surface area contributed by atoms with Gasteiger partial charge in [-0.3, -0.25) is 14.5 Å². The van der Waals surface area contributed by atoms with Crippen molar-refractivity contribution in [2.45, 2.75) is 12.5 Å². The number of carbonyl (C=O) groups excluding carboxylic acids is 3. The van der Waals surface area contributed by atoms with Crippen molar-refractivity contribution in [3.8, 4) is 0 Å². The normalized spacial score (nSPS) is 19.6. The van der Waals surface area contributed by atoms with E-state index in [-0.39, 0.29) is 10.6 Å². The van der Waals surface area contributed by atoms with Crippen LogP contribution in [0, 0.1) is 5.82 Å². The van der Waals surface area contributed by atoms with Crippen LogP contribution in [0.1, 0.15) is 22.8 Å². The molecule has 1 N–H and O–H groups in total. The van der Waals surface area contributed by atoms with Gasteiger partial charge in [-0.2, -0.15) is 0 Å². The molecule has 0 radical (unpaired) electrons. The van der Waals surface area contributed by atoms with Crippen molar-refractivity contribution >= 4 is 40.9 Å². The third-order valence-electron chi connectivity index (χ3n) is 4.21. The SMILES string of the molecule is CC1(c2ccc(F)cc2Cl)NC(=O)N(CC(=O)c2ccc(Cl)cc2)C1=O. The van der Waals surface area contributed by atoms with E-state index in [2.05, 4.69) is 5.32 Å². The van der Waals surface area contributed by atoms with Gasteiger partial charge in [0.15, 0.2) is 5.78 Å². The van der Waals surface area contributed by atoms with Crippen molar-refractivity contribution in [1.82, 2.24) is 10.2 Å². The second-order valence-corrected chi connectivity index (χ2v) is 6.84. The predicted octanol–water partition coefficient (Wildman–Crippen LogP) is 3.78. The summed E-state index contributed by atoms with van der Waals surface area (Å²) in [6, 6.07) is 8.93. The molecule has 1 heterocycles. The highest BCUT2D eigenvalue weighted by Gasteiger charge is 2.50. The van der Waals surface area contributed by atoms with E-state index in [4.69, 9.17) is 23.2 Å². The molecule has 134 valence electrons. The zero-order valence-corrected chi connectivity index (χ0v) is 15.1. The first-order valence-electron chi connectivity index (χ1n) is 7.61. The quantitative estimate of drug-likeness (QED) is 0.633. The van der Waals surface area contributed by atoms with Crippen LogP contribution < -0.4 is 5.32 Å². The van der Waals surface area contributed by atoms with Crippen LogP contribution in [-0.4, -0.2) is 29.2 Å². The maximum absolute atomic E-state index is 13.3. The van der Waals surface area contributed by atoms with Gasteiger partial charge in [0, 0.05) is 21.2 Å². The van der Waals surface area contributed by atoms with Crippen molar-refractivity contribution in [1.29, 1.82) is 0 Å². The maximum Gasteiger partial charge on any atom is 0.325 e. The first-order chi connectivity index (χ1) is 12.2. The second kappa shape index (κ2) is 6.70. The number of hydrogen-bond donors (Lipinski definition) is 1. The molecular formula is C18H13Cl2FN2O3. The average Bonchev–Trinajstić information content (AvgIpc) is 2.79. The first-order valence-corrected chi connectivity index (χ1v) is 8.36. The zero-order chi connectivity index (χ0) is 19.1. The van der Waals surface area contributed by atoms with Gasteiger partial charge < -0.3 is 5.32 Å². The molecule has 1 unspecified atom stereocenters. The van der Waals surface area contributed by atoms with E-state index in [1.165, 1.54) is 25.1 Å².